The summed E-state index contributed by atoms with van der Waals surface area (Å²) in [5, 5.41) is 0.521. The van der Waals surface area contributed by atoms with Crippen LogP contribution in [0.25, 0.3) is 0 Å². The van der Waals surface area contributed by atoms with E-state index in [4.69, 9.17) is 27.9 Å². The van der Waals surface area contributed by atoms with Gasteiger partial charge in [-0.05, 0) is 63.6 Å². The molecule has 3 heterocycles. The first kappa shape index (κ1) is 30.8. The Bertz CT molecular complexity index is 1630. The summed E-state index contributed by atoms with van der Waals surface area (Å²) < 4.78 is 37.3. The van der Waals surface area contributed by atoms with Gasteiger partial charge in [-0.3, -0.25) is 9.36 Å². The normalized spacial score (nSPS) is 19.7. The summed E-state index contributed by atoms with van der Waals surface area (Å²) >= 11 is 16.0. The van der Waals surface area contributed by atoms with Gasteiger partial charge in [0, 0.05) is 47.1 Å². The highest BCUT2D eigenvalue weighted by Gasteiger charge is 2.52. The molecule has 2 aliphatic heterocycles. The second kappa shape index (κ2) is 11.1. The third kappa shape index (κ3) is 5.79. The Kier molecular flexibility index (Phi) is 8.16. The number of fused-ring (bicyclic) bond motifs is 1. The number of nitrogens with zero attached hydrogens (tertiary/aromatic N) is 5. The van der Waals surface area contributed by atoms with Crippen molar-refractivity contribution in [3.8, 4) is 0 Å². The molecule has 224 valence electrons. The van der Waals surface area contributed by atoms with Gasteiger partial charge in [0.15, 0.2) is 5.03 Å². The van der Waals surface area contributed by atoms with Crippen molar-refractivity contribution in [3.05, 3.63) is 68.7 Å². The molecule has 10 nitrogen and oxygen atoms in total. The van der Waals surface area contributed by atoms with Crippen LogP contribution in [0.1, 0.15) is 33.3 Å². The Labute approximate surface area is 263 Å². The number of carbonyl (C=O) groups excluding carboxylic acids is 2. The lowest BCUT2D eigenvalue weighted by Crippen LogP contribution is -2.52. The zero-order valence-electron chi connectivity index (χ0n) is 23.5. The third-order valence-electron chi connectivity index (χ3n) is 7.13. The lowest BCUT2D eigenvalue weighted by Gasteiger charge is -2.35. The maximum absolute atomic E-state index is 14.2. The largest absolute Gasteiger partial charge is 0.444 e. The zero-order valence-corrected chi connectivity index (χ0v) is 27.4. The van der Waals surface area contributed by atoms with Crippen molar-refractivity contribution in [2.75, 3.05) is 31.1 Å². The van der Waals surface area contributed by atoms with Gasteiger partial charge in [0.1, 0.15) is 11.1 Å². The van der Waals surface area contributed by atoms with Crippen LogP contribution in [0.4, 0.5) is 16.4 Å². The van der Waals surface area contributed by atoms with Crippen LogP contribution in [0.2, 0.25) is 10.0 Å². The Morgan fingerprint density at radius 3 is 2.21 bits per heavy atom. The van der Waals surface area contributed by atoms with Gasteiger partial charge in [-0.2, -0.15) is 4.31 Å². The van der Waals surface area contributed by atoms with Crippen molar-refractivity contribution < 1.29 is 22.7 Å². The molecule has 2 amide bonds. The van der Waals surface area contributed by atoms with Gasteiger partial charge in [-0.1, -0.05) is 51.3 Å². The molecule has 1 fully saturated rings. The lowest BCUT2D eigenvalue weighted by molar-refractivity contribution is -0.124. The Hall–Kier alpha value is -2.64. The van der Waals surface area contributed by atoms with E-state index in [2.05, 4.69) is 20.9 Å². The molecule has 42 heavy (non-hydrogen) atoms. The number of ether oxygens (including phenoxy) is 1. The van der Waals surface area contributed by atoms with Crippen LogP contribution in [0.5, 0.6) is 0 Å². The molecule has 5 rings (SSSR count). The molecule has 2 aliphatic rings. The summed E-state index contributed by atoms with van der Waals surface area (Å²) in [6.07, 6.45) is 0.978. The van der Waals surface area contributed by atoms with Gasteiger partial charge < -0.3 is 9.64 Å². The van der Waals surface area contributed by atoms with E-state index in [-0.39, 0.29) is 49.5 Å². The monoisotopic (exact) mass is 697 g/mol. The first-order valence-corrected chi connectivity index (χ1v) is 16.2. The number of hydrogen-bond acceptors (Lipinski definition) is 6. The van der Waals surface area contributed by atoms with Gasteiger partial charge in [0.05, 0.1) is 11.9 Å². The van der Waals surface area contributed by atoms with E-state index in [1.165, 1.54) is 24.9 Å². The molecule has 1 aromatic heterocycles. The van der Waals surface area contributed by atoms with Crippen molar-refractivity contribution in [2.24, 2.45) is 0 Å². The van der Waals surface area contributed by atoms with E-state index < -0.39 is 27.3 Å². The minimum atomic E-state index is -4.13. The van der Waals surface area contributed by atoms with E-state index in [1.54, 1.807) is 45.9 Å². The smallest absolute Gasteiger partial charge is 0.410 e. The number of sulfonamides is 1. The van der Waals surface area contributed by atoms with Crippen molar-refractivity contribution >= 4 is 72.8 Å². The van der Waals surface area contributed by atoms with E-state index in [0.717, 1.165) is 10.0 Å². The molecule has 1 unspecified atom stereocenters. The Morgan fingerprint density at radius 1 is 1.05 bits per heavy atom. The molecule has 0 N–H and O–H groups in total. The number of aromatic nitrogens is 2. The molecular formula is C28H30BrCl2N5O5S. The molecule has 3 aromatic rings. The van der Waals surface area contributed by atoms with Crippen LogP contribution in [-0.4, -0.2) is 71.0 Å². The highest BCUT2D eigenvalue weighted by Crippen LogP contribution is 2.45. The number of rotatable bonds is 5. The summed E-state index contributed by atoms with van der Waals surface area (Å²) in [6.45, 7) is 7.49. The van der Waals surface area contributed by atoms with Gasteiger partial charge in [0.25, 0.3) is 15.9 Å². The third-order valence-corrected chi connectivity index (χ3v) is 9.96. The number of piperazine rings is 1. The van der Waals surface area contributed by atoms with E-state index >= 15 is 0 Å². The Morgan fingerprint density at radius 2 is 1.64 bits per heavy atom. The summed E-state index contributed by atoms with van der Waals surface area (Å²) in [5.74, 6) is -0.234. The predicted molar refractivity (Wildman–Crippen MR) is 164 cm³/mol. The van der Waals surface area contributed by atoms with Gasteiger partial charge in [0.2, 0.25) is 5.95 Å². The number of imidazole rings is 1. The van der Waals surface area contributed by atoms with E-state index in [1.807, 2.05) is 24.3 Å². The first-order valence-electron chi connectivity index (χ1n) is 13.2. The molecule has 14 heteroatoms. The molecule has 0 bridgehead atoms. The first-order chi connectivity index (χ1) is 19.6. The summed E-state index contributed by atoms with van der Waals surface area (Å²) in [5.41, 5.74) is -0.814. The fourth-order valence-corrected chi connectivity index (χ4v) is 7.57. The van der Waals surface area contributed by atoms with E-state index in [0.29, 0.717) is 15.7 Å². The van der Waals surface area contributed by atoms with Crippen LogP contribution in [0.15, 0.2) is 58.2 Å². The number of amides is 2. The van der Waals surface area contributed by atoms with E-state index in [9.17, 15) is 18.0 Å². The second-order valence-corrected chi connectivity index (χ2v) is 15.1. The van der Waals surface area contributed by atoms with Crippen molar-refractivity contribution in [2.45, 2.75) is 50.3 Å². The van der Waals surface area contributed by atoms with Crippen LogP contribution in [0.3, 0.4) is 0 Å². The molecule has 2 aromatic carbocycles. The van der Waals surface area contributed by atoms with Gasteiger partial charge in [-0.25, -0.2) is 23.1 Å². The van der Waals surface area contributed by atoms with Crippen LogP contribution in [-0.2, 0) is 31.5 Å². The average molecular weight is 699 g/mol. The average Bonchev–Trinajstić information content (AvgIpc) is 3.42. The minimum Gasteiger partial charge on any atom is -0.444 e. The number of hydrogen-bond donors (Lipinski definition) is 0. The molecule has 0 spiro atoms. The quantitative estimate of drug-likeness (QED) is 0.332. The van der Waals surface area contributed by atoms with Crippen LogP contribution < -0.4 is 4.90 Å². The number of halogens is 3. The molecule has 0 aliphatic carbocycles. The Balaban J connectivity index is 1.53. The molecule has 1 saturated heterocycles. The summed E-state index contributed by atoms with van der Waals surface area (Å²) in [4.78, 5) is 34.1. The van der Waals surface area contributed by atoms with Crippen molar-refractivity contribution in [3.63, 3.8) is 0 Å². The fourth-order valence-electron chi connectivity index (χ4n) is 5.18. The fraction of sp³-hybridized carbons (Fsp3) is 0.393. The van der Waals surface area contributed by atoms with Crippen molar-refractivity contribution in [1.29, 1.82) is 0 Å². The molecule has 1 atom stereocenters. The topological polar surface area (TPSA) is 105 Å². The number of anilines is 2. The minimum absolute atomic E-state index is 0.0626. The zero-order chi connectivity index (χ0) is 30.6. The highest BCUT2D eigenvalue weighted by molar-refractivity contribution is 9.10. The summed E-state index contributed by atoms with van der Waals surface area (Å²) in [6, 6.07) is 12.2. The molecular weight excluding hydrogens is 669 g/mol. The van der Waals surface area contributed by atoms with Crippen LogP contribution in [0, 0.1) is 0 Å². The van der Waals surface area contributed by atoms with Gasteiger partial charge >= 0.3 is 6.09 Å². The lowest BCUT2D eigenvalue weighted by atomic mass is 9.92. The maximum atomic E-state index is 14.2. The number of carbonyl (C=O) groups is 2. The van der Waals surface area contributed by atoms with Crippen molar-refractivity contribution in [1.82, 2.24) is 18.8 Å². The molecule has 0 radical (unpaired) electrons. The second-order valence-electron chi connectivity index (χ2n) is 11.4. The number of benzene rings is 2. The van der Waals surface area contributed by atoms with Crippen LogP contribution >= 0.6 is 39.1 Å². The summed E-state index contributed by atoms with van der Waals surface area (Å²) in [7, 11) is -4.13. The standard InChI is InChI=1S/C28H30BrCl2N5O5S/c1-27(2,3)41-26(38)33-9-11-34(12-10-33)42(39,40)23-17-32-25-35(22-14-20(30)13-21(31)15-22)24(37)28(4,36(23)25)16-18-5-7-19(29)8-6-18/h5-8,13-15,17H,9-12,16H2,1-4H3. The highest BCUT2D eigenvalue weighted by atomic mass is 79.9. The molecule has 0 saturated carbocycles. The maximum Gasteiger partial charge on any atom is 0.410 e. The SMILES string of the molecule is CC(C)(C)OC(=O)N1CCN(S(=O)(=O)c2cnc3n2C(C)(Cc2ccc(Br)cc2)C(=O)N3c2cc(Cl)cc(Cl)c2)CC1. The predicted octanol–water partition coefficient (Wildman–Crippen LogP) is 5.83. The van der Waals surface area contributed by atoms with Gasteiger partial charge in [-0.15, -0.1) is 0 Å².